The highest BCUT2D eigenvalue weighted by Gasteiger charge is 2.32. The fraction of sp³-hybridized carbons (Fsp3) is 0.312. The highest BCUT2D eigenvalue weighted by atomic mass is 19.1. The molecule has 3 rings (SSSR count). The Morgan fingerprint density at radius 3 is 2.95 bits per heavy atom. The lowest BCUT2D eigenvalue weighted by Crippen LogP contribution is -2.24. The van der Waals surface area contributed by atoms with Crippen LogP contribution in [0.3, 0.4) is 0 Å². The average molecular weight is 288 g/mol. The van der Waals surface area contributed by atoms with Gasteiger partial charge >= 0.3 is 0 Å². The number of hydrogen-bond acceptors (Lipinski definition) is 4. The standard InChI is InChI=1S/C16H17FN2O2/c1-16(2)8-10-4-3-5-12(14(10)21-16)20-15-13(17)11(9-18)6-7-19-15/h3-7H,8-9,18H2,1-2H3. The molecule has 0 unspecified atom stereocenters. The molecule has 2 aromatic rings. The second-order valence-electron chi connectivity index (χ2n) is 5.68. The number of halogens is 1. The molecule has 0 atom stereocenters. The minimum Gasteiger partial charge on any atom is -0.483 e. The Morgan fingerprint density at radius 1 is 1.38 bits per heavy atom. The third-order valence-electron chi connectivity index (χ3n) is 3.42. The number of para-hydroxylation sites is 1. The fourth-order valence-corrected chi connectivity index (χ4v) is 2.46. The molecule has 1 aliphatic rings. The minimum absolute atomic E-state index is 0.0837. The molecule has 0 saturated heterocycles. The first-order valence-corrected chi connectivity index (χ1v) is 6.82. The molecule has 4 nitrogen and oxygen atoms in total. The van der Waals surface area contributed by atoms with Crippen molar-refractivity contribution in [1.82, 2.24) is 4.98 Å². The van der Waals surface area contributed by atoms with Gasteiger partial charge in [0.05, 0.1) is 0 Å². The normalized spacial score (nSPS) is 15.4. The van der Waals surface area contributed by atoms with E-state index in [1.54, 1.807) is 6.07 Å². The molecule has 21 heavy (non-hydrogen) atoms. The highest BCUT2D eigenvalue weighted by molar-refractivity contribution is 5.51. The van der Waals surface area contributed by atoms with Crippen molar-refractivity contribution in [2.75, 3.05) is 0 Å². The Labute approximate surface area is 122 Å². The quantitative estimate of drug-likeness (QED) is 0.942. The molecule has 0 radical (unpaired) electrons. The SMILES string of the molecule is CC1(C)Cc2cccc(Oc3nccc(CN)c3F)c2O1. The highest BCUT2D eigenvalue weighted by Crippen LogP contribution is 2.43. The van der Waals surface area contributed by atoms with Gasteiger partial charge in [-0.2, -0.15) is 0 Å². The second-order valence-corrected chi connectivity index (χ2v) is 5.68. The lowest BCUT2D eigenvalue weighted by atomic mass is 10.0. The molecule has 2 N–H and O–H groups in total. The third-order valence-corrected chi connectivity index (χ3v) is 3.42. The molecule has 0 spiro atoms. The van der Waals surface area contributed by atoms with Crippen molar-refractivity contribution in [3.63, 3.8) is 0 Å². The predicted octanol–water partition coefficient (Wildman–Crippen LogP) is 3.19. The van der Waals surface area contributed by atoms with Crippen LogP contribution in [-0.4, -0.2) is 10.6 Å². The lowest BCUT2D eigenvalue weighted by Gasteiger charge is -2.18. The Morgan fingerprint density at radius 2 is 2.19 bits per heavy atom. The fourth-order valence-electron chi connectivity index (χ4n) is 2.46. The predicted molar refractivity (Wildman–Crippen MR) is 77.0 cm³/mol. The summed E-state index contributed by atoms with van der Waals surface area (Å²) in [6, 6.07) is 7.13. The summed E-state index contributed by atoms with van der Waals surface area (Å²) >= 11 is 0. The maximum atomic E-state index is 14.2. The van der Waals surface area contributed by atoms with Gasteiger partial charge in [0.1, 0.15) is 5.60 Å². The van der Waals surface area contributed by atoms with Crippen LogP contribution in [0.4, 0.5) is 4.39 Å². The maximum absolute atomic E-state index is 14.2. The monoisotopic (exact) mass is 288 g/mol. The summed E-state index contributed by atoms with van der Waals surface area (Å²) in [5.41, 5.74) is 6.62. The molecular weight excluding hydrogens is 271 g/mol. The van der Waals surface area contributed by atoms with Gasteiger partial charge in [-0.1, -0.05) is 12.1 Å². The maximum Gasteiger partial charge on any atom is 0.256 e. The summed E-state index contributed by atoms with van der Waals surface area (Å²) in [5, 5.41) is 0. The van der Waals surface area contributed by atoms with Gasteiger partial charge in [0.2, 0.25) is 0 Å². The number of rotatable bonds is 3. The molecular formula is C16H17FN2O2. The Hall–Kier alpha value is -2.14. The van der Waals surface area contributed by atoms with Crippen molar-refractivity contribution < 1.29 is 13.9 Å². The van der Waals surface area contributed by atoms with Crippen LogP contribution >= 0.6 is 0 Å². The molecule has 5 heteroatoms. The summed E-state index contributed by atoms with van der Waals surface area (Å²) in [4.78, 5) is 3.94. The summed E-state index contributed by atoms with van der Waals surface area (Å²) in [5.74, 6) is 0.509. The van der Waals surface area contributed by atoms with E-state index in [1.807, 2.05) is 26.0 Å². The first-order valence-electron chi connectivity index (χ1n) is 6.82. The molecule has 1 aromatic carbocycles. The minimum atomic E-state index is -0.533. The topological polar surface area (TPSA) is 57.4 Å². The molecule has 0 amide bonds. The number of nitrogens with two attached hydrogens (primary N) is 1. The van der Waals surface area contributed by atoms with Gasteiger partial charge in [-0.3, -0.25) is 0 Å². The molecule has 0 aliphatic carbocycles. The van der Waals surface area contributed by atoms with E-state index in [2.05, 4.69) is 4.98 Å². The molecule has 1 aromatic heterocycles. The van der Waals surface area contributed by atoms with E-state index >= 15 is 0 Å². The summed E-state index contributed by atoms with van der Waals surface area (Å²) in [6.45, 7) is 4.11. The van der Waals surface area contributed by atoms with Crippen molar-refractivity contribution in [3.8, 4) is 17.4 Å². The van der Waals surface area contributed by atoms with E-state index in [0.717, 1.165) is 12.0 Å². The van der Waals surface area contributed by atoms with E-state index in [0.29, 0.717) is 17.1 Å². The summed E-state index contributed by atoms with van der Waals surface area (Å²) in [7, 11) is 0. The molecule has 0 saturated carbocycles. The molecule has 0 bridgehead atoms. The molecule has 2 heterocycles. The largest absolute Gasteiger partial charge is 0.483 e. The van der Waals surface area contributed by atoms with Crippen molar-refractivity contribution in [1.29, 1.82) is 0 Å². The van der Waals surface area contributed by atoms with E-state index in [9.17, 15) is 4.39 Å². The van der Waals surface area contributed by atoms with E-state index in [4.69, 9.17) is 15.2 Å². The van der Waals surface area contributed by atoms with E-state index in [1.165, 1.54) is 12.3 Å². The van der Waals surface area contributed by atoms with Crippen LogP contribution in [0, 0.1) is 5.82 Å². The number of aromatic nitrogens is 1. The number of nitrogens with zero attached hydrogens (tertiary/aromatic N) is 1. The van der Waals surface area contributed by atoms with Crippen molar-refractivity contribution in [3.05, 3.63) is 47.4 Å². The summed E-state index contributed by atoms with van der Waals surface area (Å²) < 4.78 is 25.7. The van der Waals surface area contributed by atoms with E-state index in [-0.39, 0.29) is 18.0 Å². The van der Waals surface area contributed by atoms with Crippen molar-refractivity contribution in [2.24, 2.45) is 5.73 Å². The van der Waals surface area contributed by atoms with Crippen LogP contribution in [0.5, 0.6) is 17.4 Å². The summed E-state index contributed by atoms with van der Waals surface area (Å²) in [6.07, 6.45) is 2.27. The van der Waals surface area contributed by atoms with Gasteiger partial charge in [0.25, 0.3) is 5.88 Å². The average Bonchev–Trinajstić information content (AvgIpc) is 2.76. The van der Waals surface area contributed by atoms with Crippen LogP contribution in [0.1, 0.15) is 25.0 Å². The number of benzene rings is 1. The van der Waals surface area contributed by atoms with Gasteiger partial charge < -0.3 is 15.2 Å². The number of ether oxygens (including phenoxy) is 2. The zero-order chi connectivity index (χ0) is 15.0. The Kier molecular flexibility index (Phi) is 3.29. The smallest absolute Gasteiger partial charge is 0.256 e. The second kappa shape index (κ2) is 5.00. The molecule has 1 aliphatic heterocycles. The van der Waals surface area contributed by atoms with E-state index < -0.39 is 5.82 Å². The van der Waals surface area contributed by atoms with Crippen LogP contribution in [0.2, 0.25) is 0 Å². The molecule has 110 valence electrons. The van der Waals surface area contributed by atoms with Gasteiger partial charge in [0.15, 0.2) is 17.3 Å². The Balaban J connectivity index is 1.96. The number of hydrogen-bond donors (Lipinski definition) is 1. The van der Waals surface area contributed by atoms with Crippen molar-refractivity contribution >= 4 is 0 Å². The first-order chi connectivity index (χ1) is 10.00. The molecule has 0 fully saturated rings. The lowest BCUT2D eigenvalue weighted by molar-refractivity contribution is 0.134. The number of fused-ring (bicyclic) bond motifs is 1. The first kappa shape index (κ1) is 13.8. The zero-order valence-electron chi connectivity index (χ0n) is 12.0. The van der Waals surface area contributed by atoms with Gasteiger partial charge in [-0.25, -0.2) is 9.37 Å². The third kappa shape index (κ3) is 2.56. The number of pyridine rings is 1. The Bertz CT molecular complexity index is 686. The van der Waals surface area contributed by atoms with Gasteiger partial charge in [0, 0.05) is 30.3 Å². The van der Waals surface area contributed by atoms with Crippen molar-refractivity contribution in [2.45, 2.75) is 32.4 Å². The van der Waals surface area contributed by atoms with Crippen LogP contribution in [-0.2, 0) is 13.0 Å². The van der Waals surface area contributed by atoms with Crippen LogP contribution in [0.15, 0.2) is 30.5 Å². The zero-order valence-corrected chi connectivity index (χ0v) is 12.0. The van der Waals surface area contributed by atoms with Crippen LogP contribution in [0.25, 0.3) is 0 Å². The van der Waals surface area contributed by atoms with Gasteiger partial charge in [-0.15, -0.1) is 0 Å². The van der Waals surface area contributed by atoms with Gasteiger partial charge in [-0.05, 0) is 26.0 Å². The van der Waals surface area contributed by atoms with Crippen LogP contribution < -0.4 is 15.2 Å².